The van der Waals surface area contributed by atoms with Crippen LogP contribution in [0.2, 0.25) is 0 Å². The largest absolute Gasteiger partial charge is 0.505 e. The minimum absolute atomic E-state index is 0.151. The van der Waals surface area contributed by atoms with Crippen molar-refractivity contribution in [3.63, 3.8) is 0 Å². The predicted octanol–water partition coefficient (Wildman–Crippen LogP) is 5.21. The third-order valence-corrected chi connectivity index (χ3v) is 5.07. The number of unbranched alkanes of at least 4 members (excludes halogenated alkanes) is 3. The number of aliphatic hydroxyl groups is 3. The molecule has 0 heterocycles. The Morgan fingerprint density at radius 3 is 2.76 bits per heavy atom. The van der Waals surface area contributed by atoms with Crippen LogP contribution in [-0.2, 0) is 0 Å². The Balaban J connectivity index is 2.36. The van der Waals surface area contributed by atoms with E-state index in [2.05, 4.69) is 31.4 Å². The first kappa shape index (κ1) is 21.8. The summed E-state index contributed by atoms with van der Waals surface area (Å²) in [6.07, 6.45) is 17.1. The number of allylic oxidation sites excluding steroid dienone is 3. The summed E-state index contributed by atoms with van der Waals surface area (Å²) >= 11 is 0. The normalized spacial score (nSPS) is 24.8. The lowest BCUT2D eigenvalue weighted by Crippen LogP contribution is -2.17. The van der Waals surface area contributed by atoms with Gasteiger partial charge in [0.2, 0.25) is 0 Å². The molecule has 3 nitrogen and oxygen atoms in total. The SMILES string of the molecule is C=C=C(O)CCC/C=C\CC1CCC(O)C1/C=C/C(O)CCCCC. The van der Waals surface area contributed by atoms with Crippen molar-refractivity contribution in [2.75, 3.05) is 0 Å². The van der Waals surface area contributed by atoms with Crippen molar-refractivity contribution in [2.24, 2.45) is 11.8 Å². The van der Waals surface area contributed by atoms with Gasteiger partial charge in [-0.1, -0.05) is 62.8 Å². The van der Waals surface area contributed by atoms with Gasteiger partial charge in [-0.2, -0.15) is 0 Å². The highest BCUT2D eigenvalue weighted by atomic mass is 16.3. The summed E-state index contributed by atoms with van der Waals surface area (Å²) in [5, 5.41) is 29.5. The van der Waals surface area contributed by atoms with Gasteiger partial charge in [0.15, 0.2) is 0 Å². The van der Waals surface area contributed by atoms with Crippen molar-refractivity contribution in [3.8, 4) is 0 Å². The van der Waals surface area contributed by atoms with E-state index in [1.165, 1.54) is 0 Å². The molecule has 0 saturated heterocycles. The van der Waals surface area contributed by atoms with Gasteiger partial charge in [0, 0.05) is 12.3 Å². The molecule has 4 atom stereocenters. The number of rotatable bonds is 12. The fourth-order valence-corrected chi connectivity index (χ4v) is 3.47. The molecule has 4 unspecified atom stereocenters. The molecule has 1 rings (SSSR count). The van der Waals surface area contributed by atoms with Gasteiger partial charge in [-0.3, -0.25) is 0 Å². The van der Waals surface area contributed by atoms with E-state index in [1.807, 2.05) is 12.2 Å². The van der Waals surface area contributed by atoms with E-state index >= 15 is 0 Å². The average molecular weight is 349 g/mol. The summed E-state index contributed by atoms with van der Waals surface area (Å²) in [6, 6.07) is 0. The Labute approximate surface area is 153 Å². The second-order valence-corrected chi connectivity index (χ2v) is 7.15. The summed E-state index contributed by atoms with van der Waals surface area (Å²) in [5.74, 6) is 0.833. The van der Waals surface area contributed by atoms with Crippen LogP contribution in [0.3, 0.4) is 0 Å². The molecule has 3 heteroatoms. The first-order chi connectivity index (χ1) is 12.1. The van der Waals surface area contributed by atoms with Crippen LogP contribution in [0.4, 0.5) is 0 Å². The first-order valence-electron chi connectivity index (χ1n) is 9.85. The Kier molecular flexibility index (Phi) is 11.3. The van der Waals surface area contributed by atoms with Crippen LogP contribution in [0.5, 0.6) is 0 Å². The average Bonchev–Trinajstić information content (AvgIpc) is 2.96. The molecule has 0 aromatic heterocycles. The number of aliphatic hydroxyl groups excluding tert-OH is 3. The molecule has 1 aliphatic rings. The van der Waals surface area contributed by atoms with Crippen LogP contribution in [0, 0.1) is 11.8 Å². The van der Waals surface area contributed by atoms with Gasteiger partial charge < -0.3 is 15.3 Å². The van der Waals surface area contributed by atoms with Crippen LogP contribution < -0.4 is 0 Å². The third kappa shape index (κ3) is 9.11. The lowest BCUT2D eigenvalue weighted by atomic mass is 9.90. The zero-order chi connectivity index (χ0) is 18.5. The van der Waals surface area contributed by atoms with Gasteiger partial charge in [0.05, 0.1) is 12.2 Å². The minimum atomic E-state index is -0.388. The first-order valence-corrected chi connectivity index (χ1v) is 9.85. The van der Waals surface area contributed by atoms with E-state index in [0.717, 1.165) is 57.8 Å². The van der Waals surface area contributed by atoms with E-state index in [9.17, 15) is 15.3 Å². The Morgan fingerprint density at radius 1 is 1.24 bits per heavy atom. The van der Waals surface area contributed by atoms with Crippen molar-refractivity contribution >= 4 is 0 Å². The Bertz CT molecular complexity index is 460. The highest BCUT2D eigenvalue weighted by molar-refractivity contribution is 5.03. The van der Waals surface area contributed by atoms with Gasteiger partial charge in [0.25, 0.3) is 0 Å². The fourth-order valence-electron chi connectivity index (χ4n) is 3.47. The summed E-state index contributed by atoms with van der Waals surface area (Å²) < 4.78 is 0. The van der Waals surface area contributed by atoms with E-state index < -0.39 is 0 Å². The van der Waals surface area contributed by atoms with Gasteiger partial charge in [0.1, 0.15) is 5.76 Å². The van der Waals surface area contributed by atoms with E-state index in [-0.39, 0.29) is 23.9 Å². The fraction of sp³-hybridized carbons (Fsp3) is 0.682. The lowest BCUT2D eigenvalue weighted by Gasteiger charge is -2.18. The maximum Gasteiger partial charge on any atom is 0.134 e. The lowest BCUT2D eigenvalue weighted by molar-refractivity contribution is 0.140. The van der Waals surface area contributed by atoms with Crippen molar-refractivity contribution < 1.29 is 15.3 Å². The second kappa shape index (κ2) is 13.0. The molecular formula is C22H36O3. The van der Waals surface area contributed by atoms with Crippen molar-refractivity contribution in [1.82, 2.24) is 0 Å². The molecule has 1 aliphatic carbocycles. The summed E-state index contributed by atoms with van der Waals surface area (Å²) in [4.78, 5) is 0. The van der Waals surface area contributed by atoms with Crippen molar-refractivity contribution in [3.05, 3.63) is 42.4 Å². The Hall–Kier alpha value is -1.28. The van der Waals surface area contributed by atoms with E-state index in [0.29, 0.717) is 12.3 Å². The molecule has 0 spiro atoms. The van der Waals surface area contributed by atoms with Crippen LogP contribution in [0.15, 0.2) is 42.4 Å². The van der Waals surface area contributed by atoms with Gasteiger partial charge >= 0.3 is 0 Å². The van der Waals surface area contributed by atoms with Gasteiger partial charge in [-0.25, -0.2) is 0 Å². The molecule has 1 fully saturated rings. The zero-order valence-electron chi connectivity index (χ0n) is 15.7. The van der Waals surface area contributed by atoms with Crippen LogP contribution in [0.25, 0.3) is 0 Å². The minimum Gasteiger partial charge on any atom is -0.505 e. The molecule has 25 heavy (non-hydrogen) atoms. The molecule has 1 saturated carbocycles. The number of hydrogen-bond acceptors (Lipinski definition) is 3. The van der Waals surface area contributed by atoms with Crippen molar-refractivity contribution in [1.29, 1.82) is 0 Å². The topological polar surface area (TPSA) is 60.7 Å². The van der Waals surface area contributed by atoms with Crippen LogP contribution in [-0.4, -0.2) is 27.5 Å². The highest BCUT2D eigenvalue weighted by Gasteiger charge is 2.32. The molecular weight excluding hydrogens is 312 g/mol. The monoisotopic (exact) mass is 348 g/mol. The smallest absolute Gasteiger partial charge is 0.134 e. The molecule has 0 aliphatic heterocycles. The maximum absolute atomic E-state index is 10.2. The third-order valence-electron chi connectivity index (χ3n) is 5.07. The molecule has 0 aromatic carbocycles. The maximum atomic E-state index is 10.2. The standard InChI is InChI=1S/C22H36O3/c1-3-5-8-13-20(24)15-16-21-18(14-17-22(21)25)11-9-6-7-10-12-19(23)4-2/h6,9,15-16,18,20-25H,2-3,5,7-8,10-14,17H2,1H3/b9-6-,16-15+. The molecule has 3 N–H and O–H groups in total. The van der Waals surface area contributed by atoms with E-state index in [4.69, 9.17) is 0 Å². The van der Waals surface area contributed by atoms with Crippen LogP contribution in [0.1, 0.15) is 71.1 Å². The second-order valence-electron chi connectivity index (χ2n) is 7.15. The van der Waals surface area contributed by atoms with Gasteiger partial charge in [-0.15, -0.1) is 0 Å². The molecule has 0 amide bonds. The number of hydrogen-bond donors (Lipinski definition) is 3. The predicted molar refractivity (Wildman–Crippen MR) is 104 cm³/mol. The summed E-state index contributed by atoms with van der Waals surface area (Å²) in [5.41, 5.74) is 2.49. The highest BCUT2D eigenvalue weighted by Crippen LogP contribution is 2.36. The van der Waals surface area contributed by atoms with Crippen molar-refractivity contribution in [2.45, 2.75) is 83.3 Å². The molecule has 142 valence electrons. The summed E-state index contributed by atoms with van der Waals surface area (Å²) in [6.45, 7) is 5.58. The summed E-state index contributed by atoms with van der Waals surface area (Å²) in [7, 11) is 0. The molecule has 0 aromatic rings. The Morgan fingerprint density at radius 2 is 2.04 bits per heavy atom. The van der Waals surface area contributed by atoms with Crippen LogP contribution >= 0.6 is 0 Å². The van der Waals surface area contributed by atoms with Gasteiger partial charge in [-0.05, 0) is 44.4 Å². The zero-order valence-corrected chi connectivity index (χ0v) is 15.7. The molecule has 0 bridgehead atoms. The van der Waals surface area contributed by atoms with E-state index in [1.54, 1.807) is 0 Å². The quantitative estimate of drug-likeness (QED) is 0.196. The molecule has 0 radical (unpaired) electrons.